The van der Waals surface area contributed by atoms with Crippen LogP contribution in [0.5, 0.6) is 0 Å². The molecule has 0 spiro atoms. The lowest BCUT2D eigenvalue weighted by atomic mass is 10.2. The van der Waals surface area contributed by atoms with Crippen molar-refractivity contribution in [2.75, 3.05) is 10.6 Å². The lowest BCUT2D eigenvalue weighted by Gasteiger charge is -2.16. The van der Waals surface area contributed by atoms with Gasteiger partial charge >= 0.3 is 0 Å². The van der Waals surface area contributed by atoms with E-state index < -0.39 is 40.1 Å². The molecule has 10 heteroatoms. The maximum absolute atomic E-state index is 13.9. The van der Waals surface area contributed by atoms with E-state index in [1.54, 1.807) is 49.4 Å². The minimum atomic E-state index is -1.69. The van der Waals surface area contributed by atoms with E-state index in [9.17, 15) is 27.2 Å². The summed E-state index contributed by atoms with van der Waals surface area (Å²) in [7, 11) is 0. The molecule has 2 amide bonds. The molecule has 3 aromatic rings. The first-order chi connectivity index (χ1) is 15.7. The third kappa shape index (κ3) is 6.06. The second kappa shape index (κ2) is 10.7. The Kier molecular flexibility index (Phi) is 7.99. The average Bonchev–Trinajstić information content (AvgIpc) is 2.79. The number of hydrogen-bond donors (Lipinski definition) is 2. The Hall–Kier alpha value is -3.04. The fourth-order valence-corrected chi connectivity index (χ4v) is 4.06. The molecule has 0 fully saturated rings. The molecule has 172 valence electrons. The molecule has 1 unspecified atom stereocenters. The Morgan fingerprint density at radius 1 is 0.939 bits per heavy atom. The molecular weight excluding hydrogens is 480 g/mol. The molecule has 4 nitrogen and oxygen atoms in total. The van der Waals surface area contributed by atoms with Crippen molar-refractivity contribution in [2.24, 2.45) is 0 Å². The van der Waals surface area contributed by atoms with E-state index in [1.807, 2.05) is 5.32 Å². The largest absolute Gasteiger partial charge is 0.322 e. The van der Waals surface area contributed by atoms with Gasteiger partial charge in [0, 0.05) is 27.2 Å². The number of halogens is 5. The molecule has 0 saturated carbocycles. The molecule has 0 aliphatic heterocycles. The molecule has 0 saturated heterocycles. The summed E-state index contributed by atoms with van der Waals surface area (Å²) in [5, 5.41) is 4.23. The molecule has 33 heavy (non-hydrogen) atoms. The molecule has 0 radical (unpaired) electrons. The predicted octanol–water partition coefficient (Wildman–Crippen LogP) is 6.66. The van der Waals surface area contributed by atoms with E-state index in [-0.39, 0.29) is 18.4 Å². The maximum atomic E-state index is 13.9. The fraction of sp³-hybridized carbons (Fsp3) is 0.130. The van der Waals surface area contributed by atoms with Gasteiger partial charge in [-0.15, -0.1) is 11.8 Å². The van der Waals surface area contributed by atoms with Crippen molar-refractivity contribution in [3.8, 4) is 0 Å². The lowest BCUT2D eigenvalue weighted by Crippen LogP contribution is -2.26. The number of carbonyl (C=O) groups excluding carboxylic acids is 2. The van der Waals surface area contributed by atoms with E-state index >= 15 is 0 Å². The molecule has 0 bridgehead atoms. The second-order valence-electron chi connectivity index (χ2n) is 6.84. The van der Waals surface area contributed by atoms with Crippen LogP contribution < -0.4 is 10.6 Å². The van der Waals surface area contributed by atoms with Crippen LogP contribution in [-0.2, 0) is 4.79 Å². The van der Waals surface area contributed by atoms with E-state index in [1.165, 1.54) is 6.07 Å². The van der Waals surface area contributed by atoms with Gasteiger partial charge in [-0.3, -0.25) is 9.59 Å². The zero-order chi connectivity index (χ0) is 24.1. The van der Waals surface area contributed by atoms with Crippen LogP contribution in [0.15, 0.2) is 59.5 Å². The first-order valence-corrected chi connectivity index (χ1v) is 10.9. The number of thioether (sulfide) groups is 1. The van der Waals surface area contributed by atoms with Gasteiger partial charge in [-0.1, -0.05) is 30.7 Å². The molecule has 0 aromatic heterocycles. The number of hydrogen-bond acceptors (Lipinski definition) is 3. The van der Waals surface area contributed by atoms with Crippen molar-refractivity contribution in [3.05, 3.63) is 88.5 Å². The lowest BCUT2D eigenvalue weighted by molar-refractivity contribution is -0.115. The third-order valence-electron chi connectivity index (χ3n) is 4.48. The van der Waals surface area contributed by atoms with Crippen molar-refractivity contribution in [1.82, 2.24) is 0 Å². The standard InChI is InChI=1S/C23H17ClF4N2O2S/c1-2-18(23(32)30-21-19(27)16(25)11-17(26)20(21)28)33-15-8-4-7-14(10-15)29-22(31)12-5-3-6-13(24)9-12/h3-11,18H,2H2,1H3,(H,29,31)(H,30,32). The Morgan fingerprint density at radius 3 is 2.24 bits per heavy atom. The minimum absolute atomic E-state index is 0.0650. The molecule has 1 atom stereocenters. The topological polar surface area (TPSA) is 58.2 Å². The average molecular weight is 497 g/mol. The summed E-state index contributed by atoms with van der Waals surface area (Å²) in [4.78, 5) is 25.6. The van der Waals surface area contributed by atoms with Gasteiger partial charge in [0.1, 0.15) is 5.69 Å². The van der Waals surface area contributed by atoms with Gasteiger partial charge in [-0.25, -0.2) is 17.6 Å². The van der Waals surface area contributed by atoms with Crippen molar-refractivity contribution in [3.63, 3.8) is 0 Å². The summed E-state index contributed by atoms with van der Waals surface area (Å²) in [6.45, 7) is 1.67. The number of benzene rings is 3. The van der Waals surface area contributed by atoms with Gasteiger partial charge in [-0.05, 0) is 42.8 Å². The summed E-state index contributed by atoms with van der Waals surface area (Å²) in [5.74, 6) is -7.83. The van der Waals surface area contributed by atoms with Crippen molar-refractivity contribution < 1.29 is 27.2 Å². The minimum Gasteiger partial charge on any atom is -0.322 e. The summed E-state index contributed by atoms with van der Waals surface area (Å²) >= 11 is 6.96. The van der Waals surface area contributed by atoms with Crippen LogP contribution >= 0.6 is 23.4 Å². The zero-order valence-corrected chi connectivity index (χ0v) is 18.7. The number of amides is 2. The summed E-state index contributed by atoms with van der Waals surface area (Å²) in [5.41, 5.74) is -0.374. The van der Waals surface area contributed by atoms with Gasteiger partial charge < -0.3 is 10.6 Å². The van der Waals surface area contributed by atoms with Gasteiger partial charge in [-0.2, -0.15) is 0 Å². The SMILES string of the molecule is CCC(Sc1cccc(NC(=O)c2cccc(Cl)c2)c1)C(=O)Nc1c(F)c(F)cc(F)c1F. The van der Waals surface area contributed by atoms with Crippen LogP contribution in [0, 0.1) is 23.3 Å². The molecule has 0 aliphatic carbocycles. The highest BCUT2D eigenvalue weighted by molar-refractivity contribution is 8.00. The highest BCUT2D eigenvalue weighted by Crippen LogP contribution is 2.30. The fourth-order valence-electron chi connectivity index (χ4n) is 2.85. The summed E-state index contributed by atoms with van der Waals surface area (Å²) in [6, 6.07) is 13.1. The van der Waals surface area contributed by atoms with Crippen LogP contribution in [0.3, 0.4) is 0 Å². The highest BCUT2D eigenvalue weighted by atomic mass is 35.5. The van der Waals surface area contributed by atoms with Gasteiger partial charge in [0.05, 0.1) is 5.25 Å². The maximum Gasteiger partial charge on any atom is 0.255 e. The van der Waals surface area contributed by atoms with Crippen molar-refractivity contribution in [2.45, 2.75) is 23.5 Å². The number of anilines is 2. The van der Waals surface area contributed by atoms with E-state index in [2.05, 4.69) is 5.32 Å². The molecular formula is C23H17ClF4N2O2S. The molecule has 0 heterocycles. The Labute approximate surface area is 196 Å². The van der Waals surface area contributed by atoms with Gasteiger partial charge in [0.15, 0.2) is 23.3 Å². The zero-order valence-electron chi connectivity index (χ0n) is 17.1. The van der Waals surface area contributed by atoms with Crippen LogP contribution in [-0.4, -0.2) is 17.1 Å². The summed E-state index contributed by atoms with van der Waals surface area (Å²) in [6.07, 6.45) is 0.247. The van der Waals surface area contributed by atoms with E-state index in [4.69, 9.17) is 11.6 Å². The Balaban J connectivity index is 1.73. The molecule has 2 N–H and O–H groups in total. The normalized spacial score (nSPS) is 11.7. The number of nitrogens with one attached hydrogen (secondary N) is 2. The van der Waals surface area contributed by atoms with Crippen LogP contribution in [0.2, 0.25) is 5.02 Å². The molecule has 3 rings (SSSR count). The first kappa shape index (κ1) is 24.6. The number of rotatable bonds is 7. The van der Waals surface area contributed by atoms with Gasteiger partial charge in [0.2, 0.25) is 5.91 Å². The number of carbonyl (C=O) groups is 2. The van der Waals surface area contributed by atoms with Crippen LogP contribution in [0.1, 0.15) is 23.7 Å². The van der Waals surface area contributed by atoms with Gasteiger partial charge in [0.25, 0.3) is 5.91 Å². The Morgan fingerprint density at radius 2 is 1.61 bits per heavy atom. The second-order valence-corrected chi connectivity index (χ2v) is 8.55. The monoisotopic (exact) mass is 496 g/mol. The summed E-state index contributed by atoms with van der Waals surface area (Å²) < 4.78 is 54.6. The smallest absolute Gasteiger partial charge is 0.255 e. The van der Waals surface area contributed by atoms with E-state index in [0.29, 0.717) is 21.2 Å². The van der Waals surface area contributed by atoms with Crippen LogP contribution in [0.25, 0.3) is 0 Å². The molecule has 3 aromatic carbocycles. The Bertz CT molecular complexity index is 1180. The van der Waals surface area contributed by atoms with Crippen LogP contribution in [0.4, 0.5) is 28.9 Å². The van der Waals surface area contributed by atoms with Crippen molar-refractivity contribution in [1.29, 1.82) is 0 Å². The quantitative estimate of drug-likeness (QED) is 0.218. The molecule has 0 aliphatic rings. The highest BCUT2D eigenvalue weighted by Gasteiger charge is 2.25. The predicted molar refractivity (Wildman–Crippen MR) is 121 cm³/mol. The van der Waals surface area contributed by atoms with E-state index in [0.717, 1.165) is 11.8 Å². The van der Waals surface area contributed by atoms with Crippen molar-refractivity contribution >= 4 is 46.6 Å². The first-order valence-electron chi connectivity index (χ1n) is 9.67. The third-order valence-corrected chi connectivity index (χ3v) is 6.07.